The molecular weight excluding hydrogens is 321 g/mol. The second kappa shape index (κ2) is 6.25. The van der Waals surface area contributed by atoms with E-state index in [1.807, 2.05) is 24.3 Å². The molecule has 2 nitrogen and oxygen atoms in total. The molecule has 0 spiro atoms. The van der Waals surface area contributed by atoms with Gasteiger partial charge in [0.05, 0.1) is 10.8 Å². The van der Waals surface area contributed by atoms with Crippen LogP contribution in [0.15, 0.2) is 53.4 Å². The monoisotopic (exact) mass is 341 g/mol. The number of benzene rings is 2. The molecule has 1 unspecified atom stereocenters. The van der Waals surface area contributed by atoms with E-state index in [4.69, 9.17) is 0 Å². The molecule has 4 rings (SSSR count). The Morgan fingerprint density at radius 3 is 2.50 bits per heavy atom. The molecule has 0 bridgehead atoms. The predicted molar refractivity (Wildman–Crippen MR) is 94.5 cm³/mol. The minimum absolute atomic E-state index is 0.0691. The first-order valence-electron chi connectivity index (χ1n) is 8.49. The van der Waals surface area contributed by atoms with Gasteiger partial charge >= 0.3 is 0 Å². The van der Waals surface area contributed by atoms with Gasteiger partial charge < -0.3 is 5.32 Å². The van der Waals surface area contributed by atoms with E-state index in [-0.39, 0.29) is 22.5 Å². The summed E-state index contributed by atoms with van der Waals surface area (Å²) in [4.78, 5) is 14.1. The number of thioether (sulfide) groups is 1. The maximum absolute atomic E-state index is 13.3. The number of fused-ring (bicyclic) bond motifs is 1. The number of halogens is 1. The third kappa shape index (κ3) is 2.84. The van der Waals surface area contributed by atoms with Crippen molar-refractivity contribution in [2.45, 2.75) is 47.8 Å². The first-order chi connectivity index (χ1) is 11.7. The van der Waals surface area contributed by atoms with Crippen LogP contribution in [-0.4, -0.2) is 11.2 Å². The lowest BCUT2D eigenvalue weighted by atomic mass is 9.87. The minimum atomic E-state index is -0.333. The fourth-order valence-corrected chi connectivity index (χ4v) is 5.07. The average Bonchev–Trinajstić information content (AvgIpc) is 3.22. The number of rotatable bonds is 3. The second-order valence-corrected chi connectivity index (χ2v) is 7.95. The van der Waals surface area contributed by atoms with E-state index in [0.717, 1.165) is 37.7 Å². The van der Waals surface area contributed by atoms with Crippen LogP contribution in [0.2, 0.25) is 0 Å². The van der Waals surface area contributed by atoms with E-state index in [9.17, 15) is 9.18 Å². The van der Waals surface area contributed by atoms with Crippen molar-refractivity contribution in [2.75, 3.05) is 0 Å². The van der Waals surface area contributed by atoms with Crippen molar-refractivity contribution in [1.82, 2.24) is 5.32 Å². The molecule has 4 heteroatoms. The highest BCUT2D eigenvalue weighted by Crippen LogP contribution is 2.41. The Kier molecular flexibility index (Phi) is 4.09. The van der Waals surface area contributed by atoms with Crippen molar-refractivity contribution in [2.24, 2.45) is 0 Å². The molecule has 1 saturated carbocycles. The maximum atomic E-state index is 13.3. The third-order valence-electron chi connectivity index (χ3n) is 5.16. The molecule has 124 valence electrons. The molecule has 1 N–H and O–H groups in total. The second-order valence-electron chi connectivity index (χ2n) is 6.70. The Balaban J connectivity index is 1.54. The molecule has 1 fully saturated rings. The summed E-state index contributed by atoms with van der Waals surface area (Å²) in [6.45, 7) is 0. The van der Waals surface area contributed by atoms with Gasteiger partial charge in [-0.05, 0) is 48.6 Å². The van der Waals surface area contributed by atoms with Crippen molar-refractivity contribution in [3.8, 4) is 0 Å². The van der Waals surface area contributed by atoms with E-state index in [1.54, 1.807) is 11.8 Å². The number of nitrogens with one attached hydrogen (secondary N) is 1. The molecular formula is C20H20FNOS. The minimum Gasteiger partial charge on any atom is -0.346 e. The Hall–Kier alpha value is -1.81. The van der Waals surface area contributed by atoms with Crippen LogP contribution in [0.25, 0.3) is 0 Å². The fraction of sp³-hybridized carbons (Fsp3) is 0.350. The van der Waals surface area contributed by atoms with E-state index < -0.39 is 0 Å². The van der Waals surface area contributed by atoms with E-state index >= 15 is 0 Å². The Labute approximate surface area is 145 Å². The lowest BCUT2D eigenvalue weighted by Gasteiger charge is -2.32. The van der Waals surface area contributed by atoms with Crippen molar-refractivity contribution in [3.63, 3.8) is 0 Å². The molecule has 2 aliphatic rings. The molecule has 0 aromatic heterocycles. The zero-order valence-electron chi connectivity index (χ0n) is 13.4. The van der Waals surface area contributed by atoms with Crippen LogP contribution >= 0.6 is 11.8 Å². The number of hydrogen-bond donors (Lipinski definition) is 1. The van der Waals surface area contributed by atoms with Gasteiger partial charge in [-0.3, -0.25) is 4.79 Å². The van der Waals surface area contributed by atoms with Crippen LogP contribution in [0.5, 0.6) is 0 Å². The molecule has 0 radical (unpaired) electrons. The lowest BCUT2D eigenvalue weighted by molar-refractivity contribution is -0.122. The molecule has 24 heavy (non-hydrogen) atoms. The molecule has 0 saturated heterocycles. The van der Waals surface area contributed by atoms with Crippen molar-refractivity contribution < 1.29 is 9.18 Å². The predicted octanol–water partition coefficient (Wildman–Crippen LogP) is 4.43. The van der Waals surface area contributed by atoms with Crippen molar-refractivity contribution in [3.05, 3.63) is 65.5 Å². The van der Waals surface area contributed by atoms with Crippen LogP contribution in [0.3, 0.4) is 0 Å². The summed E-state index contributed by atoms with van der Waals surface area (Å²) in [5.74, 6) is -0.137. The van der Waals surface area contributed by atoms with Crippen LogP contribution in [0.4, 0.5) is 4.39 Å². The van der Waals surface area contributed by atoms with Gasteiger partial charge in [-0.2, -0.15) is 0 Å². The summed E-state index contributed by atoms with van der Waals surface area (Å²) in [5.41, 5.74) is 1.94. The maximum Gasteiger partial charge on any atom is 0.234 e. The van der Waals surface area contributed by atoms with Crippen LogP contribution in [-0.2, 0) is 16.8 Å². The molecule has 2 aromatic carbocycles. The molecule has 1 heterocycles. The molecule has 1 atom stereocenters. The molecule has 1 aliphatic carbocycles. The summed E-state index contributed by atoms with van der Waals surface area (Å²) in [6.07, 6.45) is 4.82. The fourth-order valence-electron chi connectivity index (χ4n) is 3.88. The zero-order chi connectivity index (χ0) is 16.6. The Morgan fingerprint density at radius 1 is 1.08 bits per heavy atom. The van der Waals surface area contributed by atoms with Gasteiger partial charge in [0.25, 0.3) is 0 Å². The first-order valence-corrected chi connectivity index (χ1v) is 9.37. The SMILES string of the molecule is O=C(NC1(c2ccc(F)cc2)CCCC1)C1Cc2ccccc2S1. The molecule has 1 amide bonds. The number of carbonyl (C=O) groups is 1. The van der Waals surface area contributed by atoms with Crippen LogP contribution in [0.1, 0.15) is 36.8 Å². The molecule has 1 aliphatic heterocycles. The summed E-state index contributed by atoms with van der Waals surface area (Å²) < 4.78 is 13.3. The average molecular weight is 341 g/mol. The van der Waals surface area contributed by atoms with E-state index in [1.165, 1.54) is 22.6 Å². The Bertz CT molecular complexity index is 727. The largest absolute Gasteiger partial charge is 0.346 e. The number of carbonyl (C=O) groups excluding carboxylic acids is 1. The summed E-state index contributed by atoms with van der Waals surface area (Å²) in [7, 11) is 0. The van der Waals surface area contributed by atoms with Crippen LogP contribution in [0, 0.1) is 5.82 Å². The van der Waals surface area contributed by atoms with Gasteiger partial charge in [-0.1, -0.05) is 43.2 Å². The van der Waals surface area contributed by atoms with Crippen molar-refractivity contribution in [1.29, 1.82) is 0 Å². The lowest BCUT2D eigenvalue weighted by Crippen LogP contribution is -2.47. The van der Waals surface area contributed by atoms with Crippen LogP contribution < -0.4 is 5.32 Å². The van der Waals surface area contributed by atoms with Gasteiger partial charge in [-0.15, -0.1) is 11.8 Å². The van der Waals surface area contributed by atoms with Gasteiger partial charge in [0.2, 0.25) is 5.91 Å². The van der Waals surface area contributed by atoms with Gasteiger partial charge in [0, 0.05) is 4.90 Å². The summed E-state index contributed by atoms with van der Waals surface area (Å²) >= 11 is 1.65. The smallest absolute Gasteiger partial charge is 0.234 e. The summed E-state index contributed by atoms with van der Waals surface area (Å²) in [5, 5.41) is 3.25. The third-order valence-corrected chi connectivity index (χ3v) is 6.47. The topological polar surface area (TPSA) is 29.1 Å². The van der Waals surface area contributed by atoms with Gasteiger partial charge in [0.15, 0.2) is 0 Å². The standard InChI is InChI=1S/C20H20FNOS/c21-16-9-7-15(8-10-16)20(11-3-4-12-20)22-19(23)18-13-14-5-1-2-6-17(14)24-18/h1-2,5-10,18H,3-4,11-13H2,(H,22,23). The zero-order valence-corrected chi connectivity index (χ0v) is 14.2. The van der Waals surface area contributed by atoms with E-state index in [0.29, 0.717) is 0 Å². The highest BCUT2D eigenvalue weighted by atomic mass is 32.2. The Morgan fingerprint density at radius 2 is 1.79 bits per heavy atom. The van der Waals surface area contributed by atoms with Gasteiger partial charge in [-0.25, -0.2) is 4.39 Å². The summed E-state index contributed by atoms with van der Waals surface area (Å²) in [6, 6.07) is 14.8. The number of hydrogen-bond acceptors (Lipinski definition) is 2. The number of amides is 1. The normalized spacial score (nSPS) is 21.5. The van der Waals surface area contributed by atoms with Crippen molar-refractivity contribution >= 4 is 17.7 Å². The first kappa shape index (κ1) is 15.7. The highest BCUT2D eigenvalue weighted by molar-refractivity contribution is 8.01. The van der Waals surface area contributed by atoms with E-state index in [2.05, 4.69) is 17.4 Å². The quantitative estimate of drug-likeness (QED) is 0.895. The molecule has 2 aromatic rings. The van der Waals surface area contributed by atoms with Gasteiger partial charge in [0.1, 0.15) is 5.82 Å². The highest BCUT2D eigenvalue weighted by Gasteiger charge is 2.39.